The molecule has 0 aliphatic carbocycles. The first-order chi connectivity index (χ1) is 14.5. The van der Waals surface area contributed by atoms with Crippen LogP contribution in [0.2, 0.25) is 5.04 Å². The average molecular weight is 427 g/mol. The first kappa shape index (κ1) is 22.9. The summed E-state index contributed by atoms with van der Waals surface area (Å²) in [6.45, 7) is 13.4. The van der Waals surface area contributed by atoms with Gasteiger partial charge in [-0.15, -0.1) is 6.58 Å². The molecule has 1 fully saturated rings. The zero-order chi connectivity index (χ0) is 21.5. The molecule has 0 spiro atoms. The van der Waals surface area contributed by atoms with Gasteiger partial charge in [0, 0.05) is 0 Å². The highest BCUT2D eigenvalue weighted by atomic mass is 28.4. The first-order valence-electron chi connectivity index (χ1n) is 10.7. The van der Waals surface area contributed by atoms with E-state index in [9.17, 15) is 0 Å². The third kappa shape index (κ3) is 5.48. The fourth-order valence-corrected chi connectivity index (χ4v) is 8.48. The van der Waals surface area contributed by atoms with Crippen LogP contribution in [0.4, 0.5) is 0 Å². The lowest BCUT2D eigenvalue weighted by Crippen LogP contribution is -2.66. The summed E-state index contributed by atoms with van der Waals surface area (Å²) in [7, 11) is -2.48. The third-order valence-electron chi connectivity index (χ3n) is 5.47. The summed E-state index contributed by atoms with van der Waals surface area (Å²) in [5.41, 5.74) is 0. The summed E-state index contributed by atoms with van der Waals surface area (Å²) in [5, 5.41) is 2.55. The van der Waals surface area contributed by atoms with E-state index >= 15 is 0 Å². The SMILES string of the molecule is C=C[C@H]1O[C@@H]1COCCOCCO[Si](c1ccccc1)(c1ccccc1)C(C)(C)C. The third-order valence-corrected chi connectivity index (χ3v) is 10.5. The number of benzene rings is 2. The van der Waals surface area contributed by atoms with Gasteiger partial charge < -0.3 is 18.6 Å². The molecule has 0 bridgehead atoms. The molecule has 4 nitrogen and oxygen atoms in total. The van der Waals surface area contributed by atoms with Crippen LogP contribution in [-0.2, 0) is 18.6 Å². The van der Waals surface area contributed by atoms with Crippen molar-refractivity contribution in [3.8, 4) is 0 Å². The minimum Gasteiger partial charge on any atom is -0.405 e. The maximum Gasteiger partial charge on any atom is 0.261 e. The molecule has 1 aliphatic heterocycles. The summed E-state index contributed by atoms with van der Waals surface area (Å²) in [5.74, 6) is 0. The standard InChI is InChI=1S/C25H34O4Si/c1-5-23-24(29-23)20-27-17-16-26-18-19-28-30(25(2,3)4,21-12-8-6-9-13-21)22-14-10-7-11-15-22/h5-15,23-24H,1,16-20H2,2-4H3/t23-,24-/m1/s1. The van der Waals surface area contributed by atoms with E-state index in [2.05, 4.69) is 88.0 Å². The highest BCUT2D eigenvalue weighted by Gasteiger charge is 2.50. The molecule has 0 amide bonds. The van der Waals surface area contributed by atoms with Gasteiger partial charge in [-0.2, -0.15) is 0 Å². The van der Waals surface area contributed by atoms with Crippen molar-refractivity contribution in [2.24, 2.45) is 0 Å². The molecule has 0 saturated carbocycles. The maximum absolute atomic E-state index is 6.79. The molecular weight excluding hydrogens is 392 g/mol. The molecule has 0 radical (unpaired) electrons. The minimum atomic E-state index is -2.48. The second-order valence-electron chi connectivity index (χ2n) is 8.57. The topological polar surface area (TPSA) is 40.2 Å². The van der Waals surface area contributed by atoms with Gasteiger partial charge in [-0.25, -0.2) is 0 Å². The Morgan fingerprint density at radius 2 is 1.40 bits per heavy atom. The van der Waals surface area contributed by atoms with Crippen molar-refractivity contribution in [3.63, 3.8) is 0 Å². The van der Waals surface area contributed by atoms with Crippen molar-refractivity contribution >= 4 is 18.7 Å². The molecule has 0 N–H and O–H groups in total. The lowest BCUT2D eigenvalue weighted by Gasteiger charge is -2.43. The van der Waals surface area contributed by atoms with Gasteiger partial charge in [-0.3, -0.25) is 0 Å². The largest absolute Gasteiger partial charge is 0.405 e. The van der Waals surface area contributed by atoms with Crippen LogP contribution < -0.4 is 10.4 Å². The summed E-state index contributed by atoms with van der Waals surface area (Å²) in [6.07, 6.45) is 2.14. The molecule has 2 aromatic rings. The molecular formula is C25H34O4Si. The van der Waals surface area contributed by atoms with Gasteiger partial charge >= 0.3 is 0 Å². The summed E-state index contributed by atoms with van der Waals surface area (Å²) < 4.78 is 23.5. The first-order valence-corrected chi connectivity index (χ1v) is 12.6. The number of rotatable bonds is 12. The van der Waals surface area contributed by atoms with E-state index in [4.69, 9.17) is 18.6 Å². The van der Waals surface area contributed by atoms with E-state index in [1.807, 2.05) is 6.08 Å². The Morgan fingerprint density at radius 3 is 1.90 bits per heavy atom. The number of epoxide rings is 1. The van der Waals surface area contributed by atoms with Crippen LogP contribution >= 0.6 is 0 Å². The van der Waals surface area contributed by atoms with E-state index in [1.54, 1.807) is 0 Å². The van der Waals surface area contributed by atoms with Crippen molar-refractivity contribution in [2.75, 3.05) is 33.0 Å². The predicted molar refractivity (Wildman–Crippen MR) is 124 cm³/mol. The quantitative estimate of drug-likeness (QED) is 0.225. The zero-order valence-electron chi connectivity index (χ0n) is 18.4. The van der Waals surface area contributed by atoms with E-state index in [0.29, 0.717) is 33.0 Å². The van der Waals surface area contributed by atoms with Crippen molar-refractivity contribution in [1.29, 1.82) is 0 Å². The summed E-state index contributed by atoms with van der Waals surface area (Å²) in [6, 6.07) is 21.3. The highest BCUT2D eigenvalue weighted by Crippen LogP contribution is 2.36. The van der Waals surface area contributed by atoms with Crippen LogP contribution in [0.1, 0.15) is 20.8 Å². The van der Waals surface area contributed by atoms with Gasteiger partial charge in [0.15, 0.2) is 0 Å². The van der Waals surface area contributed by atoms with E-state index in [1.165, 1.54) is 10.4 Å². The number of ether oxygens (including phenoxy) is 3. The molecule has 5 heteroatoms. The Balaban J connectivity index is 1.57. The van der Waals surface area contributed by atoms with Gasteiger partial charge in [0.1, 0.15) is 12.2 Å². The van der Waals surface area contributed by atoms with Crippen LogP contribution in [0.15, 0.2) is 73.3 Å². The highest BCUT2D eigenvalue weighted by molar-refractivity contribution is 6.99. The van der Waals surface area contributed by atoms with Crippen LogP contribution in [0.3, 0.4) is 0 Å². The molecule has 3 rings (SSSR count). The van der Waals surface area contributed by atoms with Crippen molar-refractivity contribution < 1.29 is 18.6 Å². The second-order valence-corrected chi connectivity index (χ2v) is 12.9. The van der Waals surface area contributed by atoms with Gasteiger partial charge in [0.25, 0.3) is 8.32 Å². The Kier molecular flexibility index (Phi) is 8.03. The number of hydrogen-bond donors (Lipinski definition) is 0. The molecule has 2 aromatic carbocycles. The summed E-state index contributed by atoms with van der Waals surface area (Å²) >= 11 is 0. The Labute approximate surface area is 181 Å². The van der Waals surface area contributed by atoms with Gasteiger partial charge in [-0.1, -0.05) is 87.5 Å². The average Bonchev–Trinajstić information content (AvgIpc) is 3.52. The van der Waals surface area contributed by atoms with Crippen LogP contribution in [-0.4, -0.2) is 53.6 Å². The van der Waals surface area contributed by atoms with Crippen LogP contribution in [0.5, 0.6) is 0 Å². The fourth-order valence-electron chi connectivity index (χ4n) is 3.93. The molecule has 0 unspecified atom stereocenters. The van der Waals surface area contributed by atoms with Crippen molar-refractivity contribution in [3.05, 3.63) is 73.3 Å². The Hall–Kier alpha value is -1.76. The van der Waals surface area contributed by atoms with Gasteiger partial charge in [0.05, 0.1) is 33.0 Å². The molecule has 1 aliphatic rings. The Morgan fingerprint density at radius 1 is 0.867 bits per heavy atom. The van der Waals surface area contributed by atoms with Crippen molar-refractivity contribution in [2.45, 2.75) is 38.0 Å². The van der Waals surface area contributed by atoms with Crippen LogP contribution in [0, 0.1) is 0 Å². The monoisotopic (exact) mass is 426 g/mol. The van der Waals surface area contributed by atoms with E-state index in [0.717, 1.165) is 0 Å². The van der Waals surface area contributed by atoms with Gasteiger partial charge in [0.2, 0.25) is 0 Å². The molecule has 30 heavy (non-hydrogen) atoms. The molecule has 0 aromatic heterocycles. The smallest absolute Gasteiger partial charge is 0.261 e. The minimum absolute atomic E-state index is 0.0230. The zero-order valence-corrected chi connectivity index (χ0v) is 19.4. The van der Waals surface area contributed by atoms with E-state index < -0.39 is 8.32 Å². The lowest BCUT2D eigenvalue weighted by atomic mass is 10.2. The molecule has 1 saturated heterocycles. The number of hydrogen-bond acceptors (Lipinski definition) is 4. The fraction of sp³-hybridized carbons (Fsp3) is 0.440. The van der Waals surface area contributed by atoms with Crippen LogP contribution in [0.25, 0.3) is 0 Å². The van der Waals surface area contributed by atoms with Crippen molar-refractivity contribution in [1.82, 2.24) is 0 Å². The lowest BCUT2D eigenvalue weighted by molar-refractivity contribution is 0.0306. The Bertz CT molecular complexity index is 733. The molecule has 2 atom stereocenters. The molecule has 1 heterocycles. The van der Waals surface area contributed by atoms with E-state index in [-0.39, 0.29) is 17.2 Å². The summed E-state index contributed by atoms with van der Waals surface area (Å²) in [4.78, 5) is 0. The normalized spacial score (nSPS) is 18.9. The maximum atomic E-state index is 6.79. The van der Waals surface area contributed by atoms with Gasteiger partial charge in [-0.05, 0) is 15.4 Å². The second kappa shape index (κ2) is 10.5. The predicted octanol–water partition coefficient (Wildman–Crippen LogP) is 3.55. The molecule has 162 valence electrons.